The second kappa shape index (κ2) is 10.7. The monoisotopic (exact) mass is 461 g/mol. The van der Waals surface area contributed by atoms with E-state index in [0.29, 0.717) is 10.0 Å². The lowest BCUT2D eigenvalue weighted by Crippen LogP contribution is -1.95. The van der Waals surface area contributed by atoms with E-state index in [9.17, 15) is 0 Å². The van der Waals surface area contributed by atoms with Crippen LogP contribution in [0.15, 0.2) is 83.9 Å². The number of aliphatic imine (C=N–C) groups is 1. The highest BCUT2D eigenvalue weighted by atomic mass is 35.5. The fourth-order valence-corrected chi connectivity index (χ4v) is 3.98. The minimum atomic E-state index is 0.619. The van der Waals surface area contributed by atoms with Crippen LogP contribution in [0.4, 0.5) is 0 Å². The van der Waals surface area contributed by atoms with Gasteiger partial charge in [-0.15, -0.1) is 0 Å². The van der Waals surface area contributed by atoms with Crippen molar-refractivity contribution in [3.8, 4) is 16.9 Å². The van der Waals surface area contributed by atoms with Gasteiger partial charge in [-0.3, -0.25) is 4.99 Å². The van der Waals surface area contributed by atoms with Crippen LogP contribution in [0.3, 0.4) is 0 Å². The molecule has 1 heterocycles. The average molecular weight is 462 g/mol. The predicted octanol–water partition coefficient (Wildman–Crippen LogP) is 8.74. The van der Waals surface area contributed by atoms with Crippen molar-refractivity contribution in [1.29, 1.82) is 0 Å². The molecule has 0 fully saturated rings. The zero-order chi connectivity index (χ0) is 22.3. The molecule has 1 aliphatic rings. The fraction of sp³-hybridized carbons (Fsp3) is 0.179. The molecule has 0 aliphatic carbocycles. The first-order valence-corrected chi connectivity index (χ1v) is 11.6. The Labute approximate surface area is 199 Å². The summed E-state index contributed by atoms with van der Waals surface area (Å²) in [5.41, 5.74) is 6.30. The quantitative estimate of drug-likeness (QED) is 0.307. The summed E-state index contributed by atoms with van der Waals surface area (Å²) in [6.07, 6.45) is 9.25. The second-order valence-electron chi connectivity index (χ2n) is 7.70. The molecule has 0 radical (unpaired) electrons. The van der Waals surface area contributed by atoms with Gasteiger partial charge in [0.05, 0.1) is 17.3 Å². The number of benzene rings is 3. The van der Waals surface area contributed by atoms with Gasteiger partial charge in [0.25, 0.3) is 0 Å². The molecule has 0 saturated carbocycles. The van der Waals surface area contributed by atoms with E-state index in [0.717, 1.165) is 54.2 Å². The standard InChI is InChI=1S/C28H25Cl2NO/c1-2-3-18-32-25-14-9-22(10-15-25)21-7-4-20(5-8-21)6-12-24-13-17-28(31-24)26-16-11-23(29)19-27(26)30/h4-12,14-17,19H,2-3,13,18H2,1H3/b12-6+. The molecule has 0 atom stereocenters. The van der Waals surface area contributed by atoms with Crippen LogP contribution in [0.2, 0.25) is 10.0 Å². The highest BCUT2D eigenvalue weighted by Gasteiger charge is 2.12. The van der Waals surface area contributed by atoms with Crippen molar-refractivity contribution in [1.82, 2.24) is 0 Å². The van der Waals surface area contributed by atoms with Gasteiger partial charge in [0.15, 0.2) is 0 Å². The number of unbranched alkanes of at least 4 members (excludes halogenated alkanes) is 1. The van der Waals surface area contributed by atoms with E-state index in [1.807, 2.05) is 24.3 Å². The first-order chi connectivity index (χ1) is 15.6. The lowest BCUT2D eigenvalue weighted by atomic mass is 10.0. The fourth-order valence-electron chi connectivity index (χ4n) is 3.48. The van der Waals surface area contributed by atoms with E-state index in [1.54, 1.807) is 6.07 Å². The summed E-state index contributed by atoms with van der Waals surface area (Å²) in [5.74, 6) is 0.923. The summed E-state index contributed by atoms with van der Waals surface area (Å²) in [6.45, 7) is 2.93. The zero-order valence-corrected chi connectivity index (χ0v) is 19.5. The molecule has 0 saturated heterocycles. The van der Waals surface area contributed by atoms with Crippen LogP contribution < -0.4 is 4.74 Å². The summed E-state index contributed by atoms with van der Waals surface area (Å²) in [4.78, 5) is 4.72. The molecule has 4 heteroatoms. The molecule has 0 aromatic heterocycles. The van der Waals surface area contributed by atoms with Crippen LogP contribution in [0.5, 0.6) is 5.75 Å². The van der Waals surface area contributed by atoms with E-state index < -0.39 is 0 Å². The van der Waals surface area contributed by atoms with E-state index in [1.165, 1.54) is 11.1 Å². The van der Waals surface area contributed by atoms with Gasteiger partial charge in [0.1, 0.15) is 5.75 Å². The van der Waals surface area contributed by atoms with Crippen LogP contribution >= 0.6 is 23.2 Å². The number of ether oxygens (including phenoxy) is 1. The topological polar surface area (TPSA) is 21.6 Å². The Morgan fingerprint density at radius 3 is 2.31 bits per heavy atom. The molecule has 0 amide bonds. The molecule has 162 valence electrons. The molecule has 3 aromatic rings. The number of hydrogen-bond donors (Lipinski definition) is 0. The Balaban J connectivity index is 1.38. The first-order valence-electron chi connectivity index (χ1n) is 10.9. The molecule has 4 rings (SSSR count). The molecular weight excluding hydrogens is 437 g/mol. The van der Waals surface area contributed by atoms with E-state index >= 15 is 0 Å². The molecule has 0 unspecified atom stereocenters. The van der Waals surface area contributed by atoms with E-state index in [-0.39, 0.29) is 0 Å². The van der Waals surface area contributed by atoms with Crippen LogP contribution in [0.1, 0.15) is 37.3 Å². The number of rotatable bonds is 8. The maximum Gasteiger partial charge on any atom is 0.119 e. The average Bonchev–Trinajstić information content (AvgIpc) is 3.27. The van der Waals surface area contributed by atoms with Crippen LogP contribution in [-0.2, 0) is 0 Å². The summed E-state index contributed by atoms with van der Waals surface area (Å²) in [7, 11) is 0. The highest BCUT2D eigenvalue weighted by Crippen LogP contribution is 2.31. The number of hydrogen-bond acceptors (Lipinski definition) is 2. The Morgan fingerprint density at radius 1 is 0.906 bits per heavy atom. The number of nitrogens with zero attached hydrogens (tertiary/aromatic N) is 1. The normalized spacial score (nSPS) is 13.3. The van der Waals surface area contributed by atoms with Crippen molar-refractivity contribution in [3.63, 3.8) is 0 Å². The third-order valence-corrected chi connectivity index (χ3v) is 5.86. The molecule has 0 spiro atoms. The number of allylic oxidation sites excluding steroid dienone is 2. The largest absolute Gasteiger partial charge is 0.494 e. The van der Waals surface area contributed by atoms with Crippen molar-refractivity contribution < 1.29 is 4.74 Å². The maximum atomic E-state index is 6.31. The van der Waals surface area contributed by atoms with Crippen molar-refractivity contribution in [2.45, 2.75) is 26.2 Å². The smallest absolute Gasteiger partial charge is 0.119 e. The first kappa shape index (κ1) is 22.4. The highest BCUT2D eigenvalue weighted by molar-refractivity contribution is 6.35. The van der Waals surface area contributed by atoms with E-state index in [4.69, 9.17) is 32.9 Å². The Morgan fingerprint density at radius 2 is 1.62 bits per heavy atom. The Bertz CT molecular complexity index is 1160. The lowest BCUT2D eigenvalue weighted by molar-refractivity contribution is 0.309. The number of halogens is 2. The minimum absolute atomic E-state index is 0.619. The van der Waals surface area contributed by atoms with Gasteiger partial charge in [-0.2, -0.15) is 0 Å². The van der Waals surface area contributed by atoms with Gasteiger partial charge in [0.2, 0.25) is 0 Å². The summed E-state index contributed by atoms with van der Waals surface area (Å²) in [6, 6.07) is 22.3. The summed E-state index contributed by atoms with van der Waals surface area (Å²) in [5, 5.41) is 1.25. The summed E-state index contributed by atoms with van der Waals surface area (Å²) >= 11 is 12.3. The van der Waals surface area contributed by atoms with Gasteiger partial charge in [-0.1, -0.05) is 85.1 Å². The lowest BCUT2D eigenvalue weighted by Gasteiger charge is -2.07. The SMILES string of the molecule is CCCCOc1ccc(-c2ccc(/C=C/C3=NC(c4ccc(Cl)cc4Cl)=CC3)cc2)cc1. The molecule has 1 aliphatic heterocycles. The molecule has 32 heavy (non-hydrogen) atoms. The second-order valence-corrected chi connectivity index (χ2v) is 8.55. The zero-order valence-electron chi connectivity index (χ0n) is 18.0. The Hall–Kier alpha value is -2.81. The third kappa shape index (κ3) is 5.70. The van der Waals surface area contributed by atoms with Crippen molar-refractivity contribution in [2.75, 3.05) is 6.61 Å². The van der Waals surface area contributed by atoms with Gasteiger partial charge in [0, 0.05) is 22.7 Å². The summed E-state index contributed by atoms with van der Waals surface area (Å²) < 4.78 is 5.75. The van der Waals surface area contributed by atoms with Crippen molar-refractivity contribution >= 4 is 40.7 Å². The predicted molar refractivity (Wildman–Crippen MR) is 138 cm³/mol. The Kier molecular flexibility index (Phi) is 7.47. The van der Waals surface area contributed by atoms with Gasteiger partial charge in [-0.25, -0.2) is 0 Å². The van der Waals surface area contributed by atoms with Crippen LogP contribution in [0.25, 0.3) is 22.9 Å². The molecule has 2 nitrogen and oxygen atoms in total. The van der Waals surface area contributed by atoms with Crippen molar-refractivity contribution in [2.24, 2.45) is 4.99 Å². The third-order valence-electron chi connectivity index (χ3n) is 5.31. The van der Waals surface area contributed by atoms with E-state index in [2.05, 4.69) is 61.5 Å². The van der Waals surface area contributed by atoms with Crippen LogP contribution in [-0.4, -0.2) is 12.3 Å². The molecule has 3 aromatic carbocycles. The van der Waals surface area contributed by atoms with Crippen molar-refractivity contribution in [3.05, 3.63) is 100 Å². The van der Waals surface area contributed by atoms with Gasteiger partial charge in [-0.05, 0) is 59.5 Å². The van der Waals surface area contributed by atoms with Gasteiger partial charge >= 0.3 is 0 Å². The minimum Gasteiger partial charge on any atom is -0.494 e. The molecule has 0 N–H and O–H groups in total. The van der Waals surface area contributed by atoms with Gasteiger partial charge < -0.3 is 4.74 Å². The maximum absolute atomic E-state index is 6.31. The van der Waals surface area contributed by atoms with Crippen LogP contribution in [0, 0.1) is 0 Å². The molecular formula is C28H25Cl2NO. The molecule has 0 bridgehead atoms.